The van der Waals surface area contributed by atoms with Crippen LogP contribution in [-0.4, -0.2) is 4.98 Å². The first-order valence-electron chi connectivity index (χ1n) is 4.27. The SMILES string of the molecule is [c]1ccc(CCc2cscn2)cc1. The molecule has 0 fully saturated rings. The fourth-order valence-corrected chi connectivity index (χ4v) is 1.81. The van der Waals surface area contributed by atoms with E-state index in [-0.39, 0.29) is 0 Å². The minimum Gasteiger partial charge on any atom is -0.250 e. The summed E-state index contributed by atoms with van der Waals surface area (Å²) in [4.78, 5) is 4.24. The predicted octanol–water partition coefficient (Wildman–Crippen LogP) is 2.73. The Labute approximate surface area is 82.1 Å². The van der Waals surface area contributed by atoms with Gasteiger partial charge in [-0.25, -0.2) is 4.98 Å². The largest absolute Gasteiger partial charge is 0.250 e. The highest BCUT2D eigenvalue weighted by molar-refractivity contribution is 7.07. The normalized spacial score (nSPS) is 10.2. The van der Waals surface area contributed by atoms with Crippen LogP contribution in [0.5, 0.6) is 0 Å². The molecular formula is C11H10NS. The lowest BCUT2D eigenvalue weighted by atomic mass is 10.1. The van der Waals surface area contributed by atoms with Crippen LogP contribution in [0, 0.1) is 6.07 Å². The molecule has 0 saturated carbocycles. The second-order valence-electron chi connectivity index (χ2n) is 2.89. The number of aromatic nitrogens is 1. The van der Waals surface area contributed by atoms with Gasteiger partial charge in [-0.3, -0.25) is 0 Å². The molecule has 0 atom stereocenters. The van der Waals surface area contributed by atoms with E-state index >= 15 is 0 Å². The molecule has 65 valence electrons. The van der Waals surface area contributed by atoms with Crippen LogP contribution < -0.4 is 0 Å². The molecule has 0 aliphatic rings. The zero-order valence-corrected chi connectivity index (χ0v) is 8.05. The van der Waals surface area contributed by atoms with Gasteiger partial charge in [0.15, 0.2) is 0 Å². The van der Waals surface area contributed by atoms with Gasteiger partial charge in [-0.05, 0) is 24.5 Å². The first-order chi connectivity index (χ1) is 6.45. The Morgan fingerprint density at radius 2 is 2.08 bits per heavy atom. The van der Waals surface area contributed by atoms with Gasteiger partial charge in [0.2, 0.25) is 0 Å². The van der Waals surface area contributed by atoms with Crippen LogP contribution in [-0.2, 0) is 12.8 Å². The highest BCUT2D eigenvalue weighted by Crippen LogP contribution is 2.06. The third-order valence-corrected chi connectivity index (χ3v) is 2.58. The van der Waals surface area contributed by atoms with E-state index in [1.54, 1.807) is 11.3 Å². The average Bonchev–Trinajstić information content (AvgIpc) is 2.69. The van der Waals surface area contributed by atoms with E-state index in [1.165, 1.54) is 11.3 Å². The number of hydrogen-bond acceptors (Lipinski definition) is 2. The summed E-state index contributed by atoms with van der Waals surface area (Å²) < 4.78 is 0. The van der Waals surface area contributed by atoms with Gasteiger partial charge in [-0.2, -0.15) is 0 Å². The highest BCUT2D eigenvalue weighted by Gasteiger charge is 1.95. The zero-order valence-electron chi connectivity index (χ0n) is 7.23. The summed E-state index contributed by atoms with van der Waals surface area (Å²) in [6.45, 7) is 0. The molecular weight excluding hydrogens is 178 g/mol. The quantitative estimate of drug-likeness (QED) is 0.721. The van der Waals surface area contributed by atoms with Gasteiger partial charge in [0.1, 0.15) is 0 Å². The minimum absolute atomic E-state index is 1.04. The van der Waals surface area contributed by atoms with Crippen LogP contribution >= 0.6 is 11.3 Å². The van der Waals surface area contributed by atoms with E-state index in [0.717, 1.165) is 12.8 Å². The number of nitrogens with zero attached hydrogens (tertiary/aromatic N) is 1. The van der Waals surface area contributed by atoms with E-state index in [1.807, 2.05) is 17.6 Å². The summed E-state index contributed by atoms with van der Waals surface area (Å²) in [6.07, 6.45) is 2.10. The van der Waals surface area contributed by atoms with Crippen molar-refractivity contribution in [1.29, 1.82) is 0 Å². The zero-order chi connectivity index (χ0) is 8.93. The van der Waals surface area contributed by atoms with E-state index in [4.69, 9.17) is 0 Å². The third kappa shape index (κ3) is 2.39. The molecule has 0 unspecified atom stereocenters. The van der Waals surface area contributed by atoms with Crippen LogP contribution in [0.3, 0.4) is 0 Å². The predicted molar refractivity (Wildman–Crippen MR) is 54.8 cm³/mol. The molecule has 1 aromatic heterocycles. The molecule has 0 spiro atoms. The molecule has 0 aliphatic carbocycles. The molecule has 1 radical (unpaired) electrons. The van der Waals surface area contributed by atoms with Crippen molar-refractivity contribution in [2.75, 3.05) is 0 Å². The Morgan fingerprint density at radius 3 is 2.77 bits per heavy atom. The van der Waals surface area contributed by atoms with Crippen LogP contribution in [0.2, 0.25) is 0 Å². The van der Waals surface area contributed by atoms with Crippen molar-refractivity contribution in [3.8, 4) is 0 Å². The fraction of sp³-hybridized carbons (Fsp3) is 0.182. The molecule has 13 heavy (non-hydrogen) atoms. The summed E-state index contributed by atoms with van der Waals surface area (Å²) >= 11 is 1.66. The van der Waals surface area contributed by atoms with Crippen LogP contribution in [0.4, 0.5) is 0 Å². The van der Waals surface area contributed by atoms with Crippen molar-refractivity contribution in [1.82, 2.24) is 4.98 Å². The molecule has 2 rings (SSSR count). The van der Waals surface area contributed by atoms with Gasteiger partial charge < -0.3 is 0 Å². The Hall–Kier alpha value is -1.15. The van der Waals surface area contributed by atoms with Gasteiger partial charge in [-0.15, -0.1) is 11.3 Å². The van der Waals surface area contributed by atoms with Crippen LogP contribution in [0.15, 0.2) is 35.2 Å². The number of hydrogen-bond donors (Lipinski definition) is 0. The molecule has 0 aliphatic heterocycles. The Bertz CT molecular complexity index is 340. The molecule has 0 amide bonds. The Morgan fingerprint density at radius 1 is 1.23 bits per heavy atom. The first-order valence-corrected chi connectivity index (χ1v) is 5.21. The minimum atomic E-state index is 1.04. The summed E-state index contributed by atoms with van der Waals surface area (Å²) in [6, 6.07) is 11.1. The van der Waals surface area contributed by atoms with Crippen LogP contribution in [0.1, 0.15) is 11.3 Å². The molecule has 0 saturated heterocycles. The molecule has 2 aromatic rings. The van der Waals surface area contributed by atoms with E-state index in [0.29, 0.717) is 0 Å². The maximum absolute atomic E-state index is 4.24. The van der Waals surface area contributed by atoms with Crippen molar-refractivity contribution in [3.63, 3.8) is 0 Å². The number of aryl methyl sites for hydroxylation is 2. The van der Waals surface area contributed by atoms with E-state index in [9.17, 15) is 0 Å². The summed E-state index contributed by atoms with van der Waals surface area (Å²) in [7, 11) is 0. The summed E-state index contributed by atoms with van der Waals surface area (Å²) in [5.41, 5.74) is 4.43. The highest BCUT2D eigenvalue weighted by atomic mass is 32.1. The first kappa shape index (κ1) is 8.45. The lowest BCUT2D eigenvalue weighted by Gasteiger charge is -1.97. The molecule has 1 aromatic carbocycles. The molecule has 2 heteroatoms. The average molecular weight is 188 g/mol. The lowest BCUT2D eigenvalue weighted by Crippen LogP contribution is -1.90. The molecule has 1 nitrogen and oxygen atoms in total. The topological polar surface area (TPSA) is 12.9 Å². The monoisotopic (exact) mass is 188 g/mol. The smallest absolute Gasteiger partial charge is 0.0794 e. The fourth-order valence-electron chi connectivity index (χ4n) is 1.22. The second kappa shape index (κ2) is 4.19. The number of benzene rings is 1. The van der Waals surface area contributed by atoms with Gasteiger partial charge in [0.25, 0.3) is 0 Å². The Kier molecular flexibility index (Phi) is 2.72. The Balaban J connectivity index is 1.94. The van der Waals surface area contributed by atoms with Crippen molar-refractivity contribution < 1.29 is 0 Å². The maximum Gasteiger partial charge on any atom is 0.0794 e. The second-order valence-corrected chi connectivity index (χ2v) is 3.61. The van der Waals surface area contributed by atoms with Crippen LogP contribution in [0.25, 0.3) is 0 Å². The van der Waals surface area contributed by atoms with Gasteiger partial charge >= 0.3 is 0 Å². The summed E-state index contributed by atoms with van der Waals surface area (Å²) in [5, 5.41) is 2.11. The molecule has 0 bridgehead atoms. The van der Waals surface area contributed by atoms with Crippen molar-refractivity contribution in [2.24, 2.45) is 0 Å². The number of thiazole rings is 1. The van der Waals surface area contributed by atoms with Gasteiger partial charge in [0, 0.05) is 5.38 Å². The standard InChI is InChI=1S/C11H10NS/c1-2-4-10(5-3-1)6-7-11-8-13-9-12-11/h2-5,8-9H,6-7H2. The molecule has 0 N–H and O–H groups in total. The lowest BCUT2D eigenvalue weighted by molar-refractivity contribution is 0.926. The maximum atomic E-state index is 4.24. The van der Waals surface area contributed by atoms with E-state index < -0.39 is 0 Å². The summed E-state index contributed by atoms with van der Waals surface area (Å²) in [5.74, 6) is 0. The molecule has 1 heterocycles. The van der Waals surface area contributed by atoms with Crippen molar-refractivity contribution in [3.05, 3.63) is 52.5 Å². The van der Waals surface area contributed by atoms with Crippen molar-refractivity contribution >= 4 is 11.3 Å². The van der Waals surface area contributed by atoms with Gasteiger partial charge in [0.05, 0.1) is 11.2 Å². The van der Waals surface area contributed by atoms with Crippen molar-refractivity contribution in [2.45, 2.75) is 12.8 Å². The van der Waals surface area contributed by atoms with Gasteiger partial charge in [-0.1, -0.05) is 24.3 Å². The van der Waals surface area contributed by atoms with E-state index in [2.05, 4.69) is 28.6 Å². The third-order valence-electron chi connectivity index (χ3n) is 1.94. The number of rotatable bonds is 3.